The number of aliphatic hydroxyl groups excluding tert-OH is 1. The summed E-state index contributed by atoms with van der Waals surface area (Å²) in [5.74, 6) is 0. The molecule has 0 aromatic carbocycles. The molecular weight excluding hydrogens is 340 g/mol. The van der Waals surface area contributed by atoms with Crippen LogP contribution in [0.25, 0.3) is 0 Å². The standard InChI is InChI=1S/C15H26O10/c16-5-1-6-19-13(17)20-7-2-8-21-14(18)22-9-3-10-23-15-24-11-4-12-25-15/h15-16H,1-12H2. The average molecular weight is 366 g/mol. The Hall–Kier alpha value is -1.62. The molecule has 0 unspecified atom stereocenters. The number of hydrogen-bond donors (Lipinski definition) is 1. The van der Waals surface area contributed by atoms with Crippen LogP contribution in [0.1, 0.15) is 25.7 Å². The predicted molar refractivity (Wildman–Crippen MR) is 81.8 cm³/mol. The lowest BCUT2D eigenvalue weighted by Crippen LogP contribution is -2.28. The Morgan fingerprint density at radius 3 is 1.80 bits per heavy atom. The van der Waals surface area contributed by atoms with Crippen LogP contribution in [0.2, 0.25) is 0 Å². The summed E-state index contributed by atoms with van der Waals surface area (Å²) < 4.78 is 34.7. The van der Waals surface area contributed by atoms with E-state index < -0.39 is 18.8 Å². The SMILES string of the molecule is O=C(OCCCO)OCCCOC(=O)OCCCOC1OCCCO1. The second kappa shape index (κ2) is 14.7. The third-order valence-electron chi connectivity index (χ3n) is 2.81. The van der Waals surface area contributed by atoms with E-state index in [4.69, 9.17) is 33.5 Å². The lowest BCUT2D eigenvalue weighted by Gasteiger charge is -2.22. The van der Waals surface area contributed by atoms with E-state index in [9.17, 15) is 9.59 Å². The highest BCUT2D eigenvalue weighted by Crippen LogP contribution is 2.06. The molecule has 10 heteroatoms. The first-order valence-corrected chi connectivity index (χ1v) is 8.27. The Kier molecular flexibility index (Phi) is 12.6. The lowest BCUT2D eigenvalue weighted by atomic mass is 10.5. The first kappa shape index (κ1) is 21.4. The summed E-state index contributed by atoms with van der Waals surface area (Å²) in [6, 6.07) is 0. The summed E-state index contributed by atoms with van der Waals surface area (Å²) in [6.45, 7) is 1.22. The van der Waals surface area contributed by atoms with Gasteiger partial charge in [0.2, 0.25) is 0 Å². The van der Waals surface area contributed by atoms with Gasteiger partial charge in [-0.25, -0.2) is 9.59 Å². The molecule has 1 heterocycles. The highest BCUT2D eigenvalue weighted by molar-refractivity contribution is 5.60. The van der Waals surface area contributed by atoms with Gasteiger partial charge in [-0.05, 0) is 6.42 Å². The van der Waals surface area contributed by atoms with Crippen LogP contribution in [-0.4, -0.2) is 76.7 Å². The third kappa shape index (κ3) is 12.4. The molecular formula is C15H26O10. The predicted octanol–water partition coefficient (Wildman–Crippen LogP) is 1.19. The van der Waals surface area contributed by atoms with E-state index in [0.717, 1.165) is 6.42 Å². The summed E-state index contributed by atoms with van der Waals surface area (Å²) in [4.78, 5) is 22.3. The lowest BCUT2D eigenvalue weighted by molar-refractivity contribution is -0.310. The van der Waals surface area contributed by atoms with Crippen molar-refractivity contribution in [1.82, 2.24) is 0 Å². The van der Waals surface area contributed by atoms with Gasteiger partial charge in [0.25, 0.3) is 6.48 Å². The molecule has 1 rings (SSSR count). The van der Waals surface area contributed by atoms with Crippen molar-refractivity contribution in [3.8, 4) is 0 Å². The number of carbonyl (C=O) groups is 2. The zero-order chi connectivity index (χ0) is 18.2. The van der Waals surface area contributed by atoms with Crippen LogP contribution in [0.15, 0.2) is 0 Å². The Morgan fingerprint density at radius 1 is 0.800 bits per heavy atom. The molecule has 1 N–H and O–H groups in total. The van der Waals surface area contributed by atoms with Crippen LogP contribution < -0.4 is 0 Å². The van der Waals surface area contributed by atoms with Crippen molar-refractivity contribution in [3.05, 3.63) is 0 Å². The van der Waals surface area contributed by atoms with Gasteiger partial charge >= 0.3 is 12.3 Å². The van der Waals surface area contributed by atoms with Crippen molar-refractivity contribution in [2.75, 3.05) is 52.9 Å². The molecule has 1 saturated heterocycles. The number of hydrogen-bond acceptors (Lipinski definition) is 10. The van der Waals surface area contributed by atoms with E-state index in [2.05, 4.69) is 4.74 Å². The molecule has 0 spiro atoms. The zero-order valence-electron chi connectivity index (χ0n) is 14.2. The van der Waals surface area contributed by atoms with Crippen molar-refractivity contribution in [2.24, 2.45) is 0 Å². The maximum absolute atomic E-state index is 11.3. The first-order chi connectivity index (χ1) is 12.2. The Morgan fingerprint density at radius 2 is 1.28 bits per heavy atom. The summed E-state index contributed by atoms with van der Waals surface area (Å²) >= 11 is 0. The summed E-state index contributed by atoms with van der Waals surface area (Å²) in [7, 11) is 0. The molecule has 1 aliphatic heterocycles. The fraction of sp³-hybridized carbons (Fsp3) is 0.867. The smallest absolute Gasteiger partial charge is 0.434 e. The van der Waals surface area contributed by atoms with E-state index in [1.807, 2.05) is 0 Å². The largest absolute Gasteiger partial charge is 0.508 e. The van der Waals surface area contributed by atoms with Gasteiger partial charge in [0.05, 0.1) is 46.2 Å². The topological polar surface area (TPSA) is 119 Å². The summed E-state index contributed by atoms with van der Waals surface area (Å²) in [5, 5.41) is 8.52. The number of rotatable bonds is 12. The van der Waals surface area contributed by atoms with E-state index >= 15 is 0 Å². The van der Waals surface area contributed by atoms with Gasteiger partial charge < -0.3 is 38.3 Å². The van der Waals surface area contributed by atoms with Crippen LogP contribution in [0.3, 0.4) is 0 Å². The van der Waals surface area contributed by atoms with Crippen LogP contribution in [-0.2, 0) is 33.2 Å². The maximum atomic E-state index is 11.3. The van der Waals surface area contributed by atoms with Gasteiger partial charge in [-0.1, -0.05) is 0 Å². The third-order valence-corrected chi connectivity index (χ3v) is 2.81. The average Bonchev–Trinajstić information content (AvgIpc) is 2.62. The van der Waals surface area contributed by atoms with Crippen LogP contribution in [0.4, 0.5) is 9.59 Å². The molecule has 0 bridgehead atoms. The molecule has 0 aromatic rings. The number of carbonyl (C=O) groups excluding carboxylic acids is 2. The zero-order valence-corrected chi connectivity index (χ0v) is 14.2. The molecule has 0 atom stereocenters. The normalized spacial score (nSPS) is 14.8. The molecule has 1 fully saturated rings. The highest BCUT2D eigenvalue weighted by atomic mass is 16.8. The Labute approximate surface area is 146 Å². The summed E-state index contributed by atoms with van der Waals surface area (Å²) in [6.07, 6.45) is 0.406. The molecule has 0 amide bonds. The minimum absolute atomic E-state index is 0.0560. The van der Waals surface area contributed by atoms with Gasteiger partial charge in [0.1, 0.15) is 0 Å². The Bertz CT molecular complexity index is 356. The fourth-order valence-corrected chi connectivity index (χ4v) is 1.63. The van der Waals surface area contributed by atoms with Crippen molar-refractivity contribution in [2.45, 2.75) is 32.2 Å². The van der Waals surface area contributed by atoms with Gasteiger partial charge in [-0.15, -0.1) is 0 Å². The van der Waals surface area contributed by atoms with E-state index in [1.165, 1.54) is 0 Å². The van der Waals surface area contributed by atoms with E-state index in [0.29, 0.717) is 39.1 Å². The minimum Gasteiger partial charge on any atom is -0.434 e. The van der Waals surface area contributed by atoms with E-state index in [1.54, 1.807) is 0 Å². The number of aliphatic hydroxyl groups is 1. The molecule has 25 heavy (non-hydrogen) atoms. The van der Waals surface area contributed by atoms with Crippen LogP contribution >= 0.6 is 0 Å². The van der Waals surface area contributed by atoms with Gasteiger partial charge in [0, 0.05) is 25.9 Å². The molecule has 10 nitrogen and oxygen atoms in total. The first-order valence-electron chi connectivity index (χ1n) is 8.27. The molecule has 0 aliphatic carbocycles. The molecule has 0 radical (unpaired) electrons. The van der Waals surface area contributed by atoms with Crippen molar-refractivity contribution in [1.29, 1.82) is 0 Å². The van der Waals surface area contributed by atoms with Gasteiger partial charge in [-0.3, -0.25) is 0 Å². The number of ether oxygens (including phenoxy) is 7. The molecule has 1 aliphatic rings. The van der Waals surface area contributed by atoms with Crippen LogP contribution in [0.5, 0.6) is 0 Å². The highest BCUT2D eigenvalue weighted by Gasteiger charge is 2.14. The van der Waals surface area contributed by atoms with Crippen molar-refractivity contribution < 1.29 is 47.9 Å². The van der Waals surface area contributed by atoms with Crippen LogP contribution in [0, 0.1) is 0 Å². The summed E-state index contributed by atoms with van der Waals surface area (Å²) in [5.41, 5.74) is 0. The molecule has 146 valence electrons. The molecule has 0 saturated carbocycles. The second-order valence-corrected chi connectivity index (χ2v) is 4.93. The van der Waals surface area contributed by atoms with Gasteiger partial charge in [0.15, 0.2) is 0 Å². The van der Waals surface area contributed by atoms with Gasteiger partial charge in [-0.2, -0.15) is 0 Å². The van der Waals surface area contributed by atoms with Crippen molar-refractivity contribution >= 4 is 12.3 Å². The minimum atomic E-state index is -0.818. The maximum Gasteiger partial charge on any atom is 0.508 e. The fourth-order valence-electron chi connectivity index (χ4n) is 1.63. The Balaban J connectivity index is 1.84. The monoisotopic (exact) mass is 366 g/mol. The molecule has 0 aromatic heterocycles. The second-order valence-electron chi connectivity index (χ2n) is 4.93. The quantitative estimate of drug-likeness (QED) is 0.398. The van der Waals surface area contributed by atoms with E-state index in [-0.39, 0.29) is 33.0 Å². The van der Waals surface area contributed by atoms with Crippen molar-refractivity contribution in [3.63, 3.8) is 0 Å².